The number of phenolic OH excluding ortho intramolecular Hbond substituents is 1. The van der Waals surface area contributed by atoms with Crippen LogP contribution in [0.3, 0.4) is 0 Å². The van der Waals surface area contributed by atoms with Crippen LogP contribution < -0.4 is 4.72 Å². The van der Waals surface area contributed by atoms with E-state index in [1.807, 2.05) is 0 Å². The van der Waals surface area contributed by atoms with Crippen molar-refractivity contribution in [3.05, 3.63) is 52.5 Å². The number of hydrogen-bond acceptors (Lipinski definition) is 3. The Morgan fingerprint density at radius 1 is 1.00 bits per heavy atom. The zero-order chi connectivity index (χ0) is 14.0. The molecule has 0 aliphatic rings. The Hall–Kier alpha value is -1.43. The zero-order valence-corrected chi connectivity index (χ0v) is 11.8. The van der Waals surface area contributed by atoms with Gasteiger partial charge in [0, 0.05) is 0 Å². The molecule has 7 heteroatoms. The van der Waals surface area contributed by atoms with Crippen LogP contribution in [0.15, 0.2) is 47.4 Å². The molecule has 0 aromatic heterocycles. The van der Waals surface area contributed by atoms with Gasteiger partial charge in [-0.15, -0.1) is 0 Å². The van der Waals surface area contributed by atoms with Crippen molar-refractivity contribution in [2.75, 3.05) is 4.72 Å². The maximum atomic E-state index is 12.1. The van der Waals surface area contributed by atoms with Gasteiger partial charge in [-0.05, 0) is 30.3 Å². The number of phenols is 1. The van der Waals surface area contributed by atoms with Crippen molar-refractivity contribution in [3.8, 4) is 5.75 Å². The second-order valence-electron chi connectivity index (χ2n) is 3.70. The SMILES string of the molecule is O=S(=O)(Nc1ccccc1O)c1ccc(Cl)c(Cl)c1. The molecule has 2 rings (SSSR count). The molecule has 4 nitrogen and oxygen atoms in total. The van der Waals surface area contributed by atoms with Crippen LogP contribution in [0.5, 0.6) is 5.75 Å². The first-order chi connectivity index (χ1) is 8.90. The number of anilines is 1. The second kappa shape index (κ2) is 5.28. The van der Waals surface area contributed by atoms with E-state index in [1.165, 1.54) is 30.3 Å². The molecule has 0 radical (unpaired) electrons. The lowest BCUT2D eigenvalue weighted by atomic mass is 10.3. The standard InChI is InChI=1S/C12H9Cl2NO3S/c13-9-6-5-8(7-10(9)14)19(17,18)15-11-3-1-2-4-12(11)16/h1-7,15-16H. The number of hydrogen-bond donors (Lipinski definition) is 2. The Bertz CT molecular complexity index is 717. The van der Waals surface area contributed by atoms with Gasteiger partial charge in [0.2, 0.25) is 0 Å². The van der Waals surface area contributed by atoms with Gasteiger partial charge in [0.15, 0.2) is 0 Å². The van der Waals surface area contributed by atoms with Gasteiger partial charge in [-0.1, -0.05) is 35.3 Å². The fraction of sp³-hybridized carbons (Fsp3) is 0. The van der Waals surface area contributed by atoms with Crippen molar-refractivity contribution in [1.82, 2.24) is 0 Å². The zero-order valence-electron chi connectivity index (χ0n) is 9.47. The molecule has 0 saturated carbocycles. The van der Waals surface area contributed by atoms with E-state index in [0.29, 0.717) is 0 Å². The number of nitrogens with one attached hydrogen (secondary N) is 1. The van der Waals surface area contributed by atoms with Crippen molar-refractivity contribution in [1.29, 1.82) is 0 Å². The van der Waals surface area contributed by atoms with Gasteiger partial charge in [-0.25, -0.2) is 8.42 Å². The summed E-state index contributed by atoms with van der Waals surface area (Å²) in [6.45, 7) is 0. The maximum Gasteiger partial charge on any atom is 0.262 e. The van der Waals surface area contributed by atoms with Crippen LogP contribution in [0.4, 0.5) is 5.69 Å². The van der Waals surface area contributed by atoms with Gasteiger partial charge in [0.1, 0.15) is 5.75 Å². The Balaban J connectivity index is 2.38. The summed E-state index contributed by atoms with van der Waals surface area (Å²) in [7, 11) is -3.83. The fourth-order valence-electron chi connectivity index (χ4n) is 1.41. The first-order valence-corrected chi connectivity index (χ1v) is 7.40. The summed E-state index contributed by atoms with van der Waals surface area (Å²) in [4.78, 5) is -0.0369. The predicted octanol–water partition coefficient (Wildman–Crippen LogP) is 3.50. The quantitative estimate of drug-likeness (QED) is 0.851. The topological polar surface area (TPSA) is 66.4 Å². The first kappa shape index (κ1) is 14.0. The molecule has 2 aromatic carbocycles. The molecule has 0 spiro atoms. The van der Waals surface area contributed by atoms with E-state index < -0.39 is 10.0 Å². The monoisotopic (exact) mass is 317 g/mol. The van der Waals surface area contributed by atoms with E-state index in [4.69, 9.17) is 23.2 Å². The highest BCUT2D eigenvalue weighted by Crippen LogP contribution is 2.28. The molecular formula is C12H9Cl2NO3S. The third-order valence-corrected chi connectivity index (χ3v) is 4.45. The molecule has 0 bridgehead atoms. The largest absolute Gasteiger partial charge is 0.506 e. The molecule has 0 saturated heterocycles. The normalized spacial score (nSPS) is 11.3. The first-order valence-electron chi connectivity index (χ1n) is 5.16. The maximum absolute atomic E-state index is 12.1. The summed E-state index contributed by atoms with van der Waals surface area (Å²) >= 11 is 11.5. The smallest absolute Gasteiger partial charge is 0.262 e. The summed E-state index contributed by atoms with van der Waals surface area (Å²) in [6, 6.07) is 9.99. The lowest BCUT2D eigenvalue weighted by Crippen LogP contribution is -2.13. The average Bonchev–Trinajstić information content (AvgIpc) is 2.35. The molecule has 0 amide bonds. The van der Waals surface area contributed by atoms with E-state index in [0.717, 1.165) is 0 Å². The minimum Gasteiger partial charge on any atom is -0.506 e. The van der Waals surface area contributed by atoms with E-state index >= 15 is 0 Å². The number of rotatable bonds is 3. The summed E-state index contributed by atoms with van der Waals surface area (Å²) in [5, 5.41) is 9.95. The van der Waals surface area contributed by atoms with E-state index in [1.54, 1.807) is 12.1 Å². The summed E-state index contributed by atoms with van der Waals surface area (Å²) in [5.74, 6) is -0.161. The van der Waals surface area contributed by atoms with Crippen molar-refractivity contribution < 1.29 is 13.5 Å². The van der Waals surface area contributed by atoms with Gasteiger partial charge < -0.3 is 5.11 Å². The average molecular weight is 318 g/mol. The van der Waals surface area contributed by atoms with Gasteiger partial charge in [-0.2, -0.15) is 0 Å². The number of para-hydroxylation sites is 2. The Kier molecular flexibility index (Phi) is 3.89. The highest BCUT2D eigenvalue weighted by Gasteiger charge is 2.17. The van der Waals surface area contributed by atoms with Gasteiger partial charge in [0.25, 0.3) is 10.0 Å². The molecule has 0 aliphatic heterocycles. The molecule has 2 aromatic rings. The Morgan fingerprint density at radius 2 is 1.68 bits per heavy atom. The predicted molar refractivity (Wildman–Crippen MR) is 75.4 cm³/mol. The van der Waals surface area contributed by atoms with Gasteiger partial charge in [-0.3, -0.25) is 4.72 Å². The van der Waals surface area contributed by atoms with Crippen molar-refractivity contribution in [2.45, 2.75) is 4.90 Å². The van der Waals surface area contributed by atoms with E-state index in [2.05, 4.69) is 4.72 Å². The molecule has 2 N–H and O–H groups in total. The van der Waals surface area contributed by atoms with Crippen LogP contribution >= 0.6 is 23.2 Å². The van der Waals surface area contributed by atoms with Crippen LogP contribution in [-0.4, -0.2) is 13.5 Å². The second-order valence-corrected chi connectivity index (χ2v) is 6.20. The third-order valence-electron chi connectivity index (χ3n) is 2.35. The molecular weight excluding hydrogens is 309 g/mol. The molecule has 0 atom stereocenters. The molecule has 19 heavy (non-hydrogen) atoms. The van der Waals surface area contributed by atoms with E-state index in [9.17, 15) is 13.5 Å². The molecule has 0 heterocycles. The van der Waals surface area contributed by atoms with Crippen molar-refractivity contribution in [3.63, 3.8) is 0 Å². The summed E-state index contributed by atoms with van der Waals surface area (Å²) in [5.41, 5.74) is 0.0913. The summed E-state index contributed by atoms with van der Waals surface area (Å²) < 4.78 is 26.5. The van der Waals surface area contributed by atoms with E-state index in [-0.39, 0.29) is 26.4 Å². The summed E-state index contributed by atoms with van der Waals surface area (Å²) in [6.07, 6.45) is 0. The highest BCUT2D eigenvalue weighted by molar-refractivity contribution is 7.92. The van der Waals surface area contributed by atoms with Crippen LogP contribution in [0.2, 0.25) is 10.0 Å². The Morgan fingerprint density at radius 3 is 2.32 bits per heavy atom. The number of benzene rings is 2. The number of aromatic hydroxyl groups is 1. The van der Waals surface area contributed by atoms with Crippen LogP contribution in [-0.2, 0) is 10.0 Å². The van der Waals surface area contributed by atoms with Crippen LogP contribution in [0.25, 0.3) is 0 Å². The fourth-order valence-corrected chi connectivity index (χ4v) is 2.87. The number of halogens is 2. The molecule has 0 fully saturated rings. The van der Waals surface area contributed by atoms with Crippen molar-refractivity contribution >= 4 is 38.9 Å². The van der Waals surface area contributed by atoms with Gasteiger partial charge in [0.05, 0.1) is 20.6 Å². The van der Waals surface area contributed by atoms with Crippen molar-refractivity contribution in [2.24, 2.45) is 0 Å². The van der Waals surface area contributed by atoms with Gasteiger partial charge >= 0.3 is 0 Å². The third kappa shape index (κ3) is 3.12. The molecule has 100 valence electrons. The van der Waals surface area contributed by atoms with Crippen LogP contribution in [0.1, 0.15) is 0 Å². The van der Waals surface area contributed by atoms with Crippen LogP contribution in [0, 0.1) is 0 Å². The lowest BCUT2D eigenvalue weighted by molar-refractivity contribution is 0.477. The molecule has 0 aliphatic carbocycles. The Labute approximate surface area is 120 Å². The lowest BCUT2D eigenvalue weighted by Gasteiger charge is -2.09. The minimum absolute atomic E-state index is 0.0369. The number of sulfonamides is 1. The highest BCUT2D eigenvalue weighted by atomic mass is 35.5. The molecule has 0 unspecified atom stereocenters. The minimum atomic E-state index is -3.83.